The van der Waals surface area contributed by atoms with Gasteiger partial charge in [0.1, 0.15) is 12.0 Å². The molecule has 2 N–H and O–H groups in total. The summed E-state index contributed by atoms with van der Waals surface area (Å²) in [6.07, 6.45) is 2.80. The second-order valence-corrected chi connectivity index (χ2v) is 7.78. The standard InChI is InChI=1S/C23H16N4OS/c1-13-16(11-24)3-2-4-17(13)22-18(9-15-6-8-21(28)26-23(15)27-22)14-5-7-19-20(10-14)29-12-25-19/h2-10,12,21,28H,1H3,(H,26,27). The van der Waals surface area contributed by atoms with Gasteiger partial charge in [0.2, 0.25) is 0 Å². The number of nitrogens with zero attached hydrogens (tertiary/aromatic N) is 3. The van der Waals surface area contributed by atoms with Gasteiger partial charge in [-0.2, -0.15) is 5.26 Å². The number of anilines is 1. The number of rotatable bonds is 2. The predicted molar refractivity (Wildman–Crippen MR) is 116 cm³/mol. The summed E-state index contributed by atoms with van der Waals surface area (Å²) < 4.78 is 1.11. The molecular weight excluding hydrogens is 380 g/mol. The van der Waals surface area contributed by atoms with Gasteiger partial charge in [-0.25, -0.2) is 9.97 Å². The Hall–Kier alpha value is -3.53. The lowest BCUT2D eigenvalue weighted by atomic mass is 9.93. The molecule has 29 heavy (non-hydrogen) atoms. The molecule has 4 aromatic rings. The topological polar surface area (TPSA) is 81.8 Å². The van der Waals surface area contributed by atoms with E-state index >= 15 is 0 Å². The summed E-state index contributed by atoms with van der Waals surface area (Å²) in [6, 6.07) is 16.2. The molecule has 1 atom stereocenters. The van der Waals surface area contributed by atoms with E-state index in [9.17, 15) is 10.4 Å². The zero-order valence-electron chi connectivity index (χ0n) is 15.5. The van der Waals surface area contributed by atoms with Gasteiger partial charge in [-0.05, 0) is 48.4 Å². The van der Waals surface area contributed by atoms with Crippen LogP contribution in [0, 0.1) is 18.3 Å². The lowest BCUT2D eigenvalue weighted by Crippen LogP contribution is -2.20. The van der Waals surface area contributed by atoms with Gasteiger partial charge in [-0.3, -0.25) is 0 Å². The molecule has 0 aliphatic carbocycles. The van der Waals surface area contributed by atoms with Crippen LogP contribution < -0.4 is 5.32 Å². The van der Waals surface area contributed by atoms with E-state index in [-0.39, 0.29) is 0 Å². The van der Waals surface area contributed by atoms with Crippen LogP contribution in [0.25, 0.3) is 38.7 Å². The van der Waals surface area contributed by atoms with Crippen molar-refractivity contribution in [2.75, 3.05) is 5.32 Å². The molecule has 0 fully saturated rings. The second kappa shape index (κ2) is 6.82. The number of aliphatic hydroxyl groups is 1. The molecule has 0 amide bonds. The molecule has 1 aliphatic rings. The fourth-order valence-electron chi connectivity index (χ4n) is 3.62. The first kappa shape index (κ1) is 17.6. The molecule has 3 heterocycles. The van der Waals surface area contributed by atoms with E-state index in [0.717, 1.165) is 43.7 Å². The largest absolute Gasteiger partial charge is 0.370 e. The normalized spacial score (nSPS) is 15.0. The van der Waals surface area contributed by atoms with Crippen molar-refractivity contribution in [3.05, 3.63) is 70.7 Å². The molecule has 0 radical (unpaired) electrons. The minimum Gasteiger partial charge on any atom is -0.370 e. The highest BCUT2D eigenvalue weighted by Crippen LogP contribution is 2.38. The number of hydrogen-bond donors (Lipinski definition) is 2. The number of fused-ring (bicyclic) bond motifs is 2. The van der Waals surface area contributed by atoms with Crippen molar-refractivity contribution in [3.8, 4) is 28.5 Å². The van der Waals surface area contributed by atoms with Crippen molar-refractivity contribution in [1.29, 1.82) is 5.26 Å². The number of benzene rings is 2. The first-order valence-electron chi connectivity index (χ1n) is 9.15. The Balaban J connectivity index is 1.80. The zero-order valence-corrected chi connectivity index (χ0v) is 16.4. The molecule has 140 valence electrons. The van der Waals surface area contributed by atoms with Crippen LogP contribution in [0.4, 0.5) is 5.82 Å². The molecule has 0 bridgehead atoms. The maximum Gasteiger partial charge on any atom is 0.145 e. The molecule has 2 aromatic heterocycles. The van der Waals surface area contributed by atoms with Crippen LogP contribution in [-0.4, -0.2) is 21.3 Å². The van der Waals surface area contributed by atoms with E-state index in [0.29, 0.717) is 11.4 Å². The molecule has 0 spiro atoms. The van der Waals surface area contributed by atoms with Crippen molar-refractivity contribution >= 4 is 33.4 Å². The molecule has 6 heteroatoms. The van der Waals surface area contributed by atoms with Gasteiger partial charge in [0.15, 0.2) is 0 Å². The third kappa shape index (κ3) is 2.97. The Morgan fingerprint density at radius 1 is 1.17 bits per heavy atom. The number of nitrogens with one attached hydrogen (secondary N) is 1. The van der Waals surface area contributed by atoms with Gasteiger partial charge in [0.25, 0.3) is 0 Å². The molecule has 0 saturated heterocycles. The van der Waals surface area contributed by atoms with Gasteiger partial charge in [-0.1, -0.05) is 24.3 Å². The fraction of sp³-hybridized carbons (Fsp3) is 0.0870. The predicted octanol–water partition coefficient (Wildman–Crippen LogP) is 4.96. The highest BCUT2D eigenvalue weighted by molar-refractivity contribution is 7.16. The molecule has 2 aromatic carbocycles. The van der Waals surface area contributed by atoms with Crippen LogP contribution >= 0.6 is 11.3 Å². The zero-order chi connectivity index (χ0) is 20.0. The van der Waals surface area contributed by atoms with E-state index in [1.165, 1.54) is 0 Å². The summed E-state index contributed by atoms with van der Waals surface area (Å²) in [4.78, 5) is 9.24. The first-order valence-corrected chi connectivity index (χ1v) is 10.0. The maximum absolute atomic E-state index is 9.95. The number of hydrogen-bond acceptors (Lipinski definition) is 6. The highest BCUT2D eigenvalue weighted by atomic mass is 32.1. The van der Waals surface area contributed by atoms with Crippen molar-refractivity contribution in [3.63, 3.8) is 0 Å². The van der Waals surface area contributed by atoms with Crippen molar-refractivity contribution < 1.29 is 5.11 Å². The van der Waals surface area contributed by atoms with E-state index in [1.54, 1.807) is 17.4 Å². The molecule has 0 saturated carbocycles. The van der Waals surface area contributed by atoms with Gasteiger partial charge in [-0.15, -0.1) is 11.3 Å². The Bertz CT molecular complexity index is 1330. The van der Waals surface area contributed by atoms with E-state index in [2.05, 4.69) is 28.5 Å². The van der Waals surface area contributed by atoms with E-state index < -0.39 is 6.23 Å². The minimum atomic E-state index is -0.770. The Labute approximate surface area is 171 Å². The summed E-state index contributed by atoms with van der Waals surface area (Å²) in [6.45, 7) is 1.94. The number of nitriles is 1. The number of thiazole rings is 1. The molecule has 5 nitrogen and oxygen atoms in total. The third-order valence-corrected chi connectivity index (χ3v) is 5.94. The van der Waals surface area contributed by atoms with Gasteiger partial charge >= 0.3 is 0 Å². The van der Waals surface area contributed by atoms with E-state index in [1.807, 2.05) is 48.8 Å². The summed E-state index contributed by atoms with van der Waals surface area (Å²) in [5.41, 5.74) is 8.91. The number of aliphatic hydroxyl groups excluding tert-OH is 1. The fourth-order valence-corrected chi connectivity index (χ4v) is 4.33. The van der Waals surface area contributed by atoms with Crippen LogP contribution in [0.15, 0.2) is 54.1 Å². The first-order chi connectivity index (χ1) is 14.1. The minimum absolute atomic E-state index is 0.624. The lowest BCUT2D eigenvalue weighted by molar-refractivity contribution is 0.251. The van der Waals surface area contributed by atoms with Gasteiger partial charge in [0.05, 0.1) is 33.1 Å². The van der Waals surface area contributed by atoms with Crippen molar-refractivity contribution in [1.82, 2.24) is 9.97 Å². The number of aromatic nitrogens is 2. The van der Waals surface area contributed by atoms with Gasteiger partial charge < -0.3 is 10.4 Å². The van der Waals surface area contributed by atoms with E-state index in [4.69, 9.17) is 4.98 Å². The highest BCUT2D eigenvalue weighted by Gasteiger charge is 2.19. The lowest BCUT2D eigenvalue weighted by Gasteiger charge is -2.21. The van der Waals surface area contributed by atoms with Gasteiger partial charge in [0, 0.05) is 16.7 Å². The Morgan fingerprint density at radius 3 is 2.93 bits per heavy atom. The molecule has 1 unspecified atom stereocenters. The Morgan fingerprint density at radius 2 is 2.07 bits per heavy atom. The summed E-state index contributed by atoms with van der Waals surface area (Å²) in [5.74, 6) is 0.624. The molecular formula is C23H16N4OS. The average Bonchev–Trinajstić information content (AvgIpc) is 3.21. The van der Waals surface area contributed by atoms with Crippen molar-refractivity contribution in [2.45, 2.75) is 13.2 Å². The second-order valence-electron chi connectivity index (χ2n) is 6.90. The summed E-state index contributed by atoms with van der Waals surface area (Å²) in [7, 11) is 0. The summed E-state index contributed by atoms with van der Waals surface area (Å²) >= 11 is 1.60. The quantitative estimate of drug-likeness (QED) is 0.500. The third-order valence-electron chi connectivity index (χ3n) is 5.15. The monoisotopic (exact) mass is 396 g/mol. The van der Waals surface area contributed by atoms with Crippen LogP contribution in [0.3, 0.4) is 0 Å². The maximum atomic E-state index is 9.95. The van der Waals surface area contributed by atoms with Crippen LogP contribution in [-0.2, 0) is 0 Å². The van der Waals surface area contributed by atoms with Crippen LogP contribution in [0.2, 0.25) is 0 Å². The smallest absolute Gasteiger partial charge is 0.145 e. The SMILES string of the molecule is Cc1c(C#N)cccc1-c1nc2c(cc1-c1ccc3ncsc3c1)C=CC(O)N2. The molecule has 5 rings (SSSR count). The summed E-state index contributed by atoms with van der Waals surface area (Å²) in [5, 5.41) is 22.4. The van der Waals surface area contributed by atoms with Crippen LogP contribution in [0.5, 0.6) is 0 Å². The number of pyridine rings is 1. The van der Waals surface area contributed by atoms with Crippen molar-refractivity contribution in [2.24, 2.45) is 0 Å². The molecule has 1 aliphatic heterocycles. The van der Waals surface area contributed by atoms with Crippen LogP contribution in [0.1, 0.15) is 16.7 Å². The Kier molecular flexibility index (Phi) is 4.13. The average molecular weight is 396 g/mol.